The molecule has 0 aliphatic carbocycles. The Morgan fingerprint density at radius 2 is 1.89 bits per heavy atom. The molecule has 0 spiro atoms. The molecule has 2 aromatic rings. The molecule has 28 heavy (non-hydrogen) atoms. The Labute approximate surface area is 163 Å². The maximum Gasteiger partial charge on any atom is 0.466 e. The van der Waals surface area contributed by atoms with E-state index in [0.717, 1.165) is 5.56 Å². The first-order valence-electron chi connectivity index (χ1n) is 8.75. The number of oxime groups is 1. The van der Waals surface area contributed by atoms with Crippen molar-refractivity contribution >= 4 is 27.7 Å². The summed E-state index contributed by atoms with van der Waals surface area (Å²) in [6.45, 7) is 0.323. The fraction of sp³-hybridized carbons (Fsp3) is 0.263. The lowest BCUT2D eigenvalue weighted by atomic mass is 10.0. The Bertz CT molecular complexity index is 973. The van der Waals surface area contributed by atoms with E-state index >= 15 is 0 Å². The molecular formula is C19H20N2O6S. The van der Waals surface area contributed by atoms with Crippen molar-refractivity contribution in [2.24, 2.45) is 5.16 Å². The first-order chi connectivity index (χ1) is 13.4. The van der Waals surface area contributed by atoms with E-state index in [4.69, 9.17) is 9.29 Å². The van der Waals surface area contributed by atoms with Crippen LogP contribution in [0.15, 0.2) is 53.7 Å². The molecular weight excluding hydrogens is 384 g/mol. The topological polar surface area (TPSA) is 114 Å². The van der Waals surface area contributed by atoms with Crippen LogP contribution in [-0.4, -0.2) is 31.2 Å². The van der Waals surface area contributed by atoms with Crippen LogP contribution in [0.1, 0.15) is 30.4 Å². The number of para-hydroxylation sites is 1. The summed E-state index contributed by atoms with van der Waals surface area (Å²) in [4.78, 5) is 11.6. The van der Waals surface area contributed by atoms with E-state index in [1.54, 1.807) is 30.3 Å². The number of nitrogens with zero attached hydrogens (tertiary/aromatic N) is 1. The van der Waals surface area contributed by atoms with Crippen molar-refractivity contribution in [2.45, 2.75) is 25.7 Å². The first kappa shape index (κ1) is 19.8. The Morgan fingerprint density at radius 1 is 1.11 bits per heavy atom. The number of carbonyl (C=O) groups is 1. The molecule has 0 atom stereocenters. The number of rotatable bonds is 8. The molecule has 3 rings (SSSR count). The maximum absolute atomic E-state index is 11.6. The quantitative estimate of drug-likeness (QED) is 0.303. The highest BCUT2D eigenvalue weighted by Crippen LogP contribution is 2.32. The molecule has 0 fully saturated rings. The predicted octanol–water partition coefficient (Wildman–Crippen LogP) is 2.95. The summed E-state index contributed by atoms with van der Waals surface area (Å²) >= 11 is 0. The summed E-state index contributed by atoms with van der Waals surface area (Å²) < 4.78 is 40.4. The standard InChI is InChI=1S/C19H20N2O6S/c22-18-12-11-15-8-4-10-17(19(15)20-18)26-13-5-9-16(21-27-28(23,24)25)14-6-2-1-3-7-14/h1-4,6-8,10H,5,9,11-13H2,(H,20,22)(H,23,24,25). The average molecular weight is 404 g/mol. The van der Waals surface area contributed by atoms with E-state index in [9.17, 15) is 13.2 Å². The minimum absolute atomic E-state index is 0.0376. The number of ether oxygens (including phenoxy) is 1. The summed E-state index contributed by atoms with van der Waals surface area (Å²) in [6.07, 6.45) is 2.01. The molecule has 0 radical (unpaired) electrons. The van der Waals surface area contributed by atoms with E-state index < -0.39 is 10.4 Å². The smallest absolute Gasteiger partial charge is 0.466 e. The molecule has 148 valence electrons. The van der Waals surface area contributed by atoms with Gasteiger partial charge in [-0.25, -0.2) is 4.28 Å². The van der Waals surface area contributed by atoms with Gasteiger partial charge in [-0.05, 0) is 36.5 Å². The second-order valence-electron chi connectivity index (χ2n) is 6.20. The third-order valence-corrected chi connectivity index (χ3v) is 4.43. The lowest BCUT2D eigenvalue weighted by Crippen LogP contribution is -2.20. The van der Waals surface area contributed by atoms with Crippen molar-refractivity contribution in [3.8, 4) is 5.75 Å². The molecule has 0 unspecified atom stereocenters. The molecule has 0 saturated heterocycles. The highest BCUT2D eigenvalue weighted by molar-refractivity contribution is 7.80. The van der Waals surface area contributed by atoms with Crippen LogP contribution in [0.25, 0.3) is 0 Å². The second kappa shape index (κ2) is 8.85. The van der Waals surface area contributed by atoms with Crippen LogP contribution in [0.5, 0.6) is 5.75 Å². The van der Waals surface area contributed by atoms with Crippen molar-refractivity contribution in [3.63, 3.8) is 0 Å². The molecule has 0 saturated carbocycles. The fourth-order valence-corrected chi connectivity index (χ4v) is 3.07. The van der Waals surface area contributed by atoms with Gasteiger partial charge >= 0.3 is 10.4 Å². The summed E-state index contributed by atoms with van der Waals surface area (Å²) in [5.74, 6) is 0.558. The van der Waals surface area contributed by atoms with Crippen molar-refractivity contribution in [3.05, 3.63) is 59.7 Å². The van der Waals surface area contributed by atoms with Gasteiger partial charge in [0.15, 0.2) is 0 Å². The van der Waals surface area contributed by atoms with Crippen molar-refractivity contribution in [2.75, 3.05) is 11.9 Å². The molecule has 9 heteroatoms. The van der Waals surface area contributed by atoms with Crippen LogP contribution in [0.2, 0.25) is 0 Å². The van der Waals surface area contributed by atoms with Gasteiger partial charge in [-0.3, -0.25) is 9.35 Å². The van der Waals surface area contributed by atoms with Gasteiger partial charge in [-0.1, -0.05) is 47.6 Å². The Hall–Kier alpha value is -2.91. The number of amides is 1. The van der Waals surface area contributed by atoms with Crippen molar-refractivity contribution in [1.29, 1.82) is 0 Å². The van der Waals surface area contributed by atoms with Crippen LogP contribution in [0, 0.1) is 0 Å². The minimum atomic E-state index is -4.68. The van der Waals surface area contributed by atoms with Gasteiger partial charge in [0, 0.05) is 6.42 Å². The Balaban J connectivity index is 1.63. The van der Waals surface area contributed by atoms with Crippen molar-refractivity contribution < 1.29 is 26.8 Å². The molecule has 2 N–H and O–H groups in total. The number of hydrogen-bond donors (Lipinski definition) is 2. The largest absolute Gasteiger partial charge is 0.491 e. The summed E-state index contributed by atoms with van der Waals surface area (Å²) in [6, 6.07) is 14.5. The van der Waals surface area contributed by atoms with Crippen LogP contribution in [0.4, 0.5) is 5.69 Å². The number of benzene rings is 2. The monoisotopic (exact) mass is 404 g/mol. The van der Waals surface area contributed by atoms with Gasteiger partial charge in [0.05, 0.1) is 18.0 Å². The SMILES string of the molecule is O=C1CCc2cccc(OCCCC(=NOS(=O)(=O)O)c3ccccc3)c2N1. The lowest BCUT2D eigenvalue weighted by Gasteiger charge is -2.20. The average Bonchev–Trinajstić information content (AvgIpc) is 2.67. The van der Waals surface area contributed by atoms with Gasteiger partial charge in [0.1, 0.15) is 5.75 Å². The summed E-state index contributed by atoms with van der Waals surface area (Å²) in [5, 5.41) is 6.39. The molecule has 0 bridgehead atoms. The zero-order chi connectivity index (χ0) is 20.0. The predicted molar refractivity (Wildman–Crippen MR) is 104 cm³/mol. The normalized spacial score (nSPS) is 14.2. The van der Waals surface area contributed by atoms with E-state index in [2.05, 4.69) is 14.8 Å². The first-order valence-corrected chi connectivity index (χ1v) is 10.1. The molecule has 8 nitrogen and oxygen atoms in total. The van der Waals surface area contributed by atoms with Crippen molar-refractivity contribution in [1.82, 2.24) is 0 Å². The molecule has 2 aromatic carbocycles. The Morgan fingerprint density at radius 3 is 2.64 bits per heavy atom. The highest BCUT2D eigenvalue weighted by Gasteiger charge is 2.18. The van der Waals surface area contributed by atoms with Crippen LogP contribution < -0.4 is 10.1 Å². The van der Waals surface area contributed by atoms with E-state index in [-0.39, 0.29) is 5.91 Å². The van der Waals surface area contributed by atoms with E-state index in [1.807, 2.05) is 18.2 Å². The number of anilines is 1. The van der Waals surface area contributed by atoms with Gasteiger partial charge < -0.3 is 10.1 Å². The zero-order valence-corrected chi connectivity index (χ0v) is 15.8. The zero-order valence-electron chi connectivity index (χ0n) is 15.0. The minimum Gasteiger partial charge on any atom is -0.491 e. The lowest BCUT2D eigenvalue weighted by molar-refractivity contribution is -0.116. The molecule has 0 aromatic heterocycles. The molecule has 1 amide bonds. The van der Waals surface area contributed by atoms with E-state index in [1.165, 1.54) is 0 Å². The highest BCUT2D eigenvalue weighted by atomic mass is 32.3. The number of nitrogens with one attached hydrogen (secondary N) is 1. The second-order valence-corrected chi connectivity index (χ2v) is 7.20. The number of carbonyl (C=O) groups excluding carboxylic acids is 1. The van der Waals surface area contributed by atoms with Gasteiger partial charge in [-0.15, -0.1) is 0 Å². The van der Waals surface area contributed by atoms with Gasteiger partial charge in [0.25, 0.3) is 0 Å². The summed E-state index contributed by atoms with van der Waals surface area (Å²) in [5.41, 5.74) is 2.77. The fourth-order valence-electron chi connectivity index (χ4n) is 2.88. The third kappa shape index (κ3) is 5.54. The maximum atomic E-state index is 11.6. The number of fused-ring (bicyclic) bond motifs is 1. The van der Waals surface area contributed by atoms with E-state index in [0.29, 0.717) is 55.0 Å². The molecule has 1 heterocycles. The Kier molecular flexibility index (Phi) is 6.27. The van der Waals surface area contributed by atoms with Crippen LogP contribution >= 0.6 is 0 Å². The van der Waals surface area contributed by atoms with Gasteiger partial charge in [0.2, 0.25) is 5.91 Å². The summed E-state index contributed by atoms with van der Waals surface area (Å²) in [7, 11) is -4.68. The van der Waals surface area contributed by atoms with Gasteiger partial charge in [-0.2, -0.15) is 8.42 Å². The third-order valence-electron chi connectivity index (χ3n) is 4.16. The number of hydrogen-bond acceptors (Lipinski definition) is 6. The molecule has 1 aliphatic rings. The number of aryl methyl sites for hydroxylation is 1. The molecule has 1 aliphatic heterocycles. The van der Waals surface area contributed by atoms with Crippen LogP contribution in [0.3, 0.4) is 0 Å². The van der Waals surface area contributed by atoms with Crippen LogP contribution in [-0.2, 0) is 25.9 Å².